The summed E-state index contributed by atoms with van der Waals surface area (Å²) in [6, 6.07) is 5.75. The van der Waals surface area contributed by atoms with Gasteiger partial charge < -0.3 is 19.8 Å². The summed E-state index contributed by atoms with van der Waals surface area (Å²) in [5, 5.41) is 18.6. The molecule has 1 aromatic rings. The Kier molecular flexibility index (Phi) is 5.07. The Hall–Kier alpha value is -1.75. The van der Waals surface area contributed by atoms with Crippen LogP contribution in [0.5, 0.6) is 11.5 Å². The zero-order valence-electron chi connectivity index (χ0n) is 12.6. The van der Waals surface area contributed by atoms with Gasteiger partial charge in [0, 0.05) is 6.04 Å². The van der Waals surface area contributed by atoms with Crippen LogP contribution in [-0.2, 0) is 11.2 Å². The number of phenols is 1. The van der Waals surface area contributed by atoms with Crippen LogP contribution in [0.15, 0.2) is 18.2 Å². The third kappa shape index (κ3) is 3.88. The van der Waals surface area contributed by atoms with Crippen molar-refractivity contribution in [3.63, 3.8) is 0 Å². The van der Waals surface area contributed by atoms with E-state index in [4.69, 9.17) is 9.84 Å². The second-order valence-electron chi connectivity index (χ2n) is 5.71. The summed E-state index contributed by atoms with van der Waals surface area (Å²) in [7, 11) is 1.54. The van der Waals surface area contributed by atoms with E-state index < -0.39 is 5.97 Å². The number of carbonyl (C=O) groups is 1. The predicted molar refractivity (Wildman–Crippen MR) is 79.8 cm³/mol. The highest BCUT2D eigenvalue weighted by atomic mass is 16.5. The summed E-state index contributed by atoms with van der Waals surface area (Å²) in [6.07, 6.45) is 2.30. The van der Waals surface area contributed by atoms with Crippen LogP contribution in [0.3, 0.4) is 0 Å². The number of aromatic hydroxyl groups is 1. The Morgan fingerprint density at radius 1 is 1.43 bits per heavy atom. The van der Waals surface area contributed by atoms with Gasteiger partial charge in [0.15, 0.2) is 11.5 Å². The first-order valence-electron chi connectivity index (χ1n) is 7.34. The molecule has 21 heavy (non-hydrogen) atoms. The molecule has 0 spiro atoms. The minimum atomic E-state index is -0.675. The first-order valence-corrected chi connectivity index (χ1v) is 7.34. The van der Waals surface area contributed by atoms with Gasteiger partial charge in [0.25, 0.3) is 0 Å². The quantitative estimate of drug-likeness (QED) is 0.870. The van der Waals surface area contributed by atoms with Gasteiger partial charge in [-0.2, -0.15) is 0 Å². The van der Waals surface area contributed by atoms with Crippen LogP contribution in [0.1, 0.15) is 25.3 Å². The van der Waals surface area contributed by atoms with Crippen LogP contribution >= 0.6 is 0 Å². The lowest BCUT2D eigenvalue weighted by molar-refractivity contribution is -0.143. The van der Waals surface area contributed by atoms with Crippen molar-refractivity contribution in [2.45, 2.75) is 32.2 Å². The summed E-state index contributed by atoms with van der Waals surface area (Å²) < 4.78 is 5.12. The standard InChI is InChI=1S/C16H23NO4/c1-11(17-7-5-13(6-8-17)16(19)20)9-12-3-4-14(18)15(10-12)21-2/h3-4,10-11,13,18H,5-9H2,1-2H3,(H,19,20). The van der Waals surface area contributed by atoms with Gasteiger partial charge in [0.05, 0.1) is 13.0 Å². The number of hydrogen-bond donors (Lipinski definition) is 2. The largest absolute Gasteiger partial charge is 0.504 e. The SMILES string of the molecule is COc1cc(CC(C)N2CCC(C(=O)O)CC2)ccc1O. The number of piperidine rings is 1. The van der Waals surface area contributed by atoms with Gasteiger partial charge >= 0.3 is 5.97 Å². The number of nitrogens with zero attached hydrogens (tertiary/aromatic N) is 1. The van der Waals surface area contributed by atoms with E-state index >= 15 is 0 Å². The molecule has 0 amide bonds. The van der Waals surface area contributed by atoms with Gasteiger partial charge in [0.2, 0.25) is 0 Å². The highest BCUT2D eigenvalue weighted by Crippen LogP contribution is 2.27. The van der Waals surface area contributed by atoms with E-state index in [0.29, 0.717) is 11.8 Å². The molecule has 1 heterocycles. The zero-order chi connectivity index (χ0) is 15.4. The molecule has 1 unspecified atom stereocenters. The van der Waals surface area contributed by atoms with E-state index in [1.807, 2.05) is 12.1 Å². The average Bonchev–Trinajstić information content (AvgIpc) is 2.49. The summed E-state index contributed by atoms with van der Waals surface area (Å²) in [4.78, 5) is 13.3. The minimum Gasteiger partial charge on any atom is -0.504 e. The molecule has 0 radical (unpaired) electrons. The lowest BCUT2D eigenvalue weighted by Gasteiger charge is -2.34. The molecule has 0 bridgehead atoms. The molecular formula is C16H23NO4. The molecule has 5 heteroatoms. The molecule has 0 saturated carbocycles. The van der Waals surface area contributed by atoms with Gasteiger partial charge in [-0.1, -0.05) is 6.07 Å². The number of hydrogen-bond acceptors (Lipinski definition) is 4. The summed E-state index contributed by atoms with van der Waals surface area (Å²) >= 11 is 0. The van der Waals surface area contributed by atoms with Crippen LogP contribution in [0.4, 0.5) is 0 Å². The number of methoxy groups -OCH3 is 1. The number of rotatable bonds is 5. The third-order valence-electron chi connectivity index (χ3n) is 4.28. The molecule has 0 aromatic heterocycles. The fourth-order valence-corrected chi connectivity index (χ4v) is 2.91. The van der Waals surface area contributed by atoms with E-state index in [1.165, 1.54) is 0 Å². The monoisotopic (exact) mass is 293 g/mol. The highest BCUT2D eigenvalue weighted by Gasteiger charge is 2.26. The Balaban J connectivity index is 1.93. The molecule has 0 aliphatic carbocycles. The molecule has 1 atom stereocenters. The van der Waals surface area contributed by atoms with Crippen LogP contribution in [0, 0.1) is 5.92 Å². The van der Waals surface area contributed by atoms with Crippen molar-refractivity contribution in [3.8, 4) is 11.5 Å². The number of ether oxygens (including phenoxy) is 1. The van der Waals surface area contributed by atoms with Gasteiger partial charge in [-0.3, -0.25) is 4.79 Å². The second-order valence-corrected chi connectivity index (χ2v) is 5.71. The number of aliphatic carboxylic acids is 1. The van der Waals surface area contributed by atoms with E-state index in [2.05, 4.69) is 11.8 Å². The Bertz CT molecular complexity index is 495. The first kappa shape index (κ1) is 15.6. The third-order valence-corrected chi connectivity index (χ3v) is 4.28. The first-order chi connectivity index (χ1) is 10.0. The Morgan fingerprint density at radius 3 is 2.67 bits per heavy atom. The number of carboxylic acid groups (broad SMARTS) is 1. The lowest BCUT2D eigenvalue weighted by atomic mass is 9.95. The van der Waals surface area contributed by atoms with E-state index in [1.54, 1.807) is 13.2 Å². The Morgan fingerprint density at radius 2 is 2.10 bits per heavy atom. The zero-order valence-corrected chi connectivity index (χ0v) is 12.6. The van der Waals surface area contributed by atoms with Crippen molar-refractivity contribution in [1.82, 2.24) is 4.90 Å². The highest BCUT2D eigenvalue weighted by molar-refractivity contribution is 5.70. The van der Waals surface area contributed by atoms with Crippen molar-refractivity contribution in [1.29, 1.82) is 0 Å². The average molecular weight is 293 g/mol. The second kappa shape index (κ2) is 6.80. The molecule has 1 aromatic carbocycles. The molecule has 116 valence electrons. The molecule has 1 aliphatic heterocycles. The van der Waals surface area contributed by atoms with Crippen molar-refractivity contribution >= 4 is 5.97 Å². The molecule has 1 aliphatic rings. The maximum absolute atomic E-state index is 11.0. The fourth-order valence-electron chi connectivity index (χ4n) is 2.91. The van der Waals surface area contributed by atoms with Crippen LogP contribution in [0.2, 0.25) is 0 Å². The topological polar surface area (TPSA) is 70.0 Å². The predicted octanol–water partition coefficient (Wildman–Crippen LogP) is 2.13. The molecule has 1 saturated heterocycles. The van der Waals surface area contributed by atoms with Gasteiger partial charge in [-0.15, -0.1) is 0 Å². The number of likely N-dealkylation sites (tertiary alicyclic amines) is 1. The van der Waals surface area contributed by atoms with Crippen molar-refractivity contribution < 1.29 is 19.7 Å². The molecule has 1 fully saturated rings. The van der Waals surface area contributed by atoms with E-state index in [0.717, 1.165) is 37.9 Å². The summed E-state index contributed by atoms with van der Waals surface area (Å²) in [6.45, 7) is 3.81. The Labute approximate surface area is 125 Å². The maximum atomic E-state index is 11.0. The maximum Gasteiger partial charge on any atom is 0.306 e. The van der Waals surface area contributed by atoms with Crippen molar-refractivity contribution in [2.75, 3.05) is 20.2 Å². The van der Waals surface area contributed by atoms with Gasteiger partial charge in [-0.05, 0) is 57.0 Å². The smallest absolute Gasteiger partial charge is 0.306 e. The van der Waals surface area contributed by atoms with Crippen LogP contribution in [0.25, 0.3) is 0 Å². The molecule has 2 N–H and O–H groups in total. The fraction of sp³-hybridized carbons (Fsp3) is 0.562. The summed E-state index contributed by atoms with van der Waals surface area (Å²) in [5.41, 5.74) is 1.11. The van der Waals surface area contributed by atoms with Crippen molar-refractivity contribution in [2.24, 2.45) is 5.92 Å². The van der Waals surface area contributed by atoms with Gasteiger partial charge in [-0.25, -0.2) is 0 Å². The molecule has 2 rings (SSSR count). The van der Waals surface area contributed by atoms with E-state index in [9.17, 15) is 9.90 Å². The normalized spacial score (nSPS) is 18.4. The van der Waals surface area contributed by atoms with Crippen molar-refractivity contribution in [3.05, 3.63) is 23.8 Å². The molecular weight excluding hydrogens is 270 g/mol. The van der Waals surface area contributed by atoms with Gasteiger partial charge in [0.1, 0.15) is 0 Å². The van der Waals surface area contributed by atoms with E-state index in [-0.39, 0.29) is 11.7 Å². The minimum absolute atomic E-state index is 0.149. The number of carboxylic acids is 1. The molecule has 5 nitrogen and oxygen atoms in total. The summed E-state index contributed by atoms with van der Waals surface area (Å²) in [5.74, 6) is -0.228. The number of phenolic OH excluding ortho intramolecular Hbond substituents is 1. The lowest BCUT2D eigenvalue weighted by Crippen LogP contribution is -2.42. The van der Waals surface area contributed by atoms with Crippen LogP contribution in [-0.4, -0.2) is 47.3 Å². The number of benzene rings is 1. The van der Waals surface area contributed by atoms with Crippen LogP contribution < -0.4 is 4.74 Å².